The molecule has 13 nitrogen and oxygen atoms in total. The molecule has 1 aliphatic heterocycles. The molecule has 3 heterocycles. The number of hydrogen-bond acceptors (Lipinski definition) is 11. The number of esters is 1. The highest BCUT2D eigenvalue weighted by Crippen LogP contribution is 2.49. The first-order valence-electron chi connectivity index (χ1n) is 13.9. The van der Waals surface area contributed by atoms with Crippen molar-refractivity contribution in [3.8, 4) is 5.75 Å². The summed E-state index contributed by atoms with van der Waals surface area (Å²) < 4.78 is 53.9. The Bertz CT molecular complexity index is 1430. The van der Waals surface area contributed by atoms with Crippen LogP contribution in [0.1, 0.15) is 53.7 Å². The predicted molar refractivity (Wildman–Crippen MR) is 155 cm³/mol. The molecule has 0 aliphatic carbocycles. The van der Waals surface area contributed by atoms with E-state index >= 15 is 4.39 Å². The maximum atomic E-state index is 16.2. The quantitative estimate of drug-likeness (QED) is 0.206. The maximum absolute atomic E-state index is 16.2. The van der Waals surface area contributed by atoms with Gasteiger partial charge in [0.1, 0.15) is 24.6 Å². The van der Waals surface area contributed by atoms with Gasteiger partial charge in [0.2, 0.25) is 11.8 Å². The maximum Gasteiger partial charge on any atom is 0.459 e. The molecule has 1 fully saturated rings. The van der Waals surface area contributed by atoms with Crippen molar-refractivity contribution in [2.45, 2.75) is 71.7 Å². The zero-order valence-electron chi connectivity index (χ0n) is 24.7. The SMILES string of the molecule is CCCN(C)c1nc(N)nc2c1ncn2[C@@H]1O[C@](F)(CO[P@](=O)(N[C@@H](C)C(=O)OC(C)C)Oc2ccccc2)C[C@@H]1C. The van der Waals surface area contributed by atoms with Gasteiger partial charge in [-0.25, -0.2) is 13.9 Å². The Morgan fingerprint density at radius 3 is 2.69 bits per heavy atom. The molecule has 0 bridgehead atoms. The van der Waals surface area contributed by atoms with Gasteiger partial charge in [-0.15, -0.1) is 0 Å². The van der Waals surface area contributed by atoms with Crippen LogP contribution < -0.4 is 20.2 Å². The van der Waals surface area contributed by atoms with E-state index in [0.717, 1.165) is 13.0 Å². The average Bonchev–Trinajstić information content (AvgIpc) is 3.47. The van der Waals surface area contributed by atoms with Gasteiger partial charge in [-0.1, -0.05) is 32.0 Å². The zero-order valence-corrected chi connectivity index (χ0v) is 25.6. The molecule has 0 spiro atoms. The van der Waals surface area contributed by atoms with Gasteiger partial charge in [0, 0.05) is 25.9 Å². The van der Waals surface area contributed by atoms with Gasteiger partial charge < -0.3 is 24.6 Å². The molecule has 0 saturated carbocycles. The lowest BCUT2D eigenvalue weighted by Gasteiger charge is -2.26. The number of hydrogen-bond donors (Lipinski definition) is 2. The minimum absolute atomic E-state index is 0.0536. The Labute approximate surface area is 244 Å². The first-order valence-corrected chi connectivity index (χ1v) is 15.4. The molecule has 1 aliphatic rings. The number of nitrogens with one attached hydrogen (secondary N) is 1. The summed E-state index contributed by atoms with van der Waals surface area (Å²) in [6, 6.07) is 7.16. The van der Waals surface area contributed by atoms with Crippen molar-refractivity contribution in [1.29, 1.82) is 0 Å². The number of imidazole rings is 1. The van der Waals surface area contributed by atoms with E-state index < -0.39 is 38.4 Å². The van der Waals surface area contributed by atoms with Gasteiger partial charge in [-0.3, -0.25) is 13.9 Å². The van der Waals surface area contributed by atoms with Crippen molar-refractivity contribution < 1.29 is 32.3 Å². The smallest absolute Gasteiger partial charge is 0.459 e. The van der Waals surface area contributed by atoms with Crippen molar-refractivity contribution in [3.05, 3.63) is 36.7 Å². The Hall–Kier alpha value is -3.32. The molecule has 5 atom stereocenters. The summed E-state index contributed by atoms with van der Waals surface area (Å²) in [6.45, 7) is 8.68. The lowest BCUT2D eigenvalue weighted by Crippen LogP contribution is -2.37. The van der Waals surface area contributed by atoms with E-state index in [4.69, 9.17) is 24.3 Å². The second-order valence-electron chi connectivity index (χ2n) is 10.7. The summed E-state index contributed by atoms with van der Waals surface area (Å²) in [5.41, 5.74) is 6.92. The third-order valence-corrected chi connectivity index (χ3v) is 8.16. The molecular weight excluding hydrogens is 568 g/mol. The molecule has 0 unspecified atom stereocenters. The molecule has 0 radical (unpaired) electrons. The molecule has 15 heteroatoms. The Balaban J connectivity index is 1.54. The lowest BCUT2D eigenvalue weighted by molar-refractivity contribution is -0.173. The van der Waals surface area contributed by atoms with Gasteiger partial charge in [0.15, 0.2) is 17.0 Å². The molecule has 1 aromatic carbocycles. The number of aromatic nitrogens is 4. The first-order chi connectivity index (χ1) is 19.8. The molecule has 2 aromatic heterocycles. The number of benzene rings is 1. The van der Waals surface area contributed by atoms with E-state index in [9.17, 15) is 9.36 Å². The second kappa shape index (κ2) is 12.9. The molecule has 42 heavy (non-hydrogen) atoms. The number of nitrogens with zero attached hydrogens (tertiary/aromatic N) is 5. The van der Waals surface area contributed by atoms with Crippen LogP contribution in [0.2, 0.25) is 0 Å². The number of ether oxygens (including phenoxy) is 2. The number of carbonyl (C=O) groups excluding carboxylic acids is 1. The van der Waals surface area contributed by atoms with Crippen LogP contribution in [0, 0.1) is 5.92 Å². The Morgan fingerprint density at radius 1 is 1.31 bits per heavy atom. The van der Waals surface area contributed by atoms with Crippen LogP contribution in [0.3, 0.4) is 0 Å². The summed E-state index contributed by atoms with van der Waals surface area (Å²) in [4.78, 5) is 27.5. The van der Waals surface area contributed by atoms with Crippen molar-refractivity contribution in [2.24, 2.45) is 5.92 Å². The second-order valence-corrected chi connectivity index (χ2v) is 12.4. The molecule has 3 aromatic rings. The van der Waals surface area contributed by atoms with E-state index in [1.54, 1.807) is 48.7 Å². The summed E-state index contributed by atoms with van der Waals surface area (Å²) in [5.74, 6) is -2.54. The van der Waals surface area contributed by atoms with Crippen LogP contribution in [0.4, 0.5) is 16.2 Å². The highest BCUT2D eigenvalue weighted by atomic mass is 31.2. The normalized spacial score (nSPS) is 22.7. The Kier molecular flexibility index (Phi) is 9.71. The standard InChI is InChI=1S/C27H39FN7O6P/c1-7-13-34(6)22-21-23(32-26(29)31-22)35(16-30-21)24-18(4)14-27(28,40-24)15-38-42(37,41-20-11-9-8-10-12-20)33-19(5)25(36)39-17(2)3/h8-12,16-19,24H,7,13-15H2,1-6H3,(H,33,37)(H2,29,31,32)/t18-,19-,24+,27-,42+/m0/s1. The number of carbonyl (C=O) groups is 1. The van der Waals surface area contributed by atoms with Gasteiger partial charge in [0.05, 0.1) is 12.4 Å². The zero-order chi connectivity index (χ0) is 30.7. The minimum atomic E-state index is -4.29. The van der Waals surface area contributed by atoms with Crippen molar-refractivity contribution >= 4 is 36.6 Å². The number of alkyl halides is 1. The molecule has 230 valence electrons. The minimum Gasteiger partial charge on any atom is -0.462 e. The Morgan fingerprint density at radius 2 is 2.02 bits per heavy atom. The number of para-hydroxylation sites is 1. The molecule has 0 amide bonds. The fourth-order valence-electron chi connectivity index (χ4n) is 4.71. The number of nitrogens with two attached hydrogens (primary N) is 1. The summed E-state index contributed by atoms with van der Waals surface area (Å²) in [6.07, 6.45) is 1.11. The molecule has 4 rings (SSSR count). The van der Waals surface area contributed by atoms with E-state index in [1.165, 1.54) is 13.3 Å². The van der Waals surface area contributed by atoms with E-state index in [0.29, 0.717) is 17.0 Å². The molecule has 3 N–H and O–H groups in total. The van der Waals surface area contributed by atoms with Gasteiger partial charge in [-0.2, -0.15) is 15.1 Å². The highest BCUT2D eigenvalue weighted by molar-refractivity contribution is 7.52. The molecular formula is C27H39FN7O6P. The lowest BCUT2D eigenvalue weighted by atomic mass is 10.1. The predicted octanol–water partition coefficient (Wildman–Crippen LogP) is 4.61. The highest BCUT2D eigenvalue weighted by Gasteiger charge is 2.49. The summed E-state index contributed by atoms with van der Waals surface area (Å²) in [7, 11) is -2.41. The van der Waals surface area contributed by atoms with Crippen LogP contribution >= 0.6 is 7.75 Å². The number of rotatable bonds is 13. The van der Waals surface area contributed by atoms with Crippen LogP contribution in [-0.2, 0) is 23.4 Å². The van der Waals surface area contributed by atoms with Crippen LogP contribution in [0.25, 0.3) is 11.2 Å². The van der Waals surface area contributed by atoms with Crippen LogP contribution in [0.15, 0.2) is 36.7 Å². The largest absolute Gasteiger partial charge is 0.462 e. The van der Waals surface area contributed by atoms with Gasteiger partial charge in [-0.05, 0) is 39.3 Å². The summed E-state index contributed by atoms with van der Waals surface area (Å²) in [5, 5.41) is 2.56. The number of fused-ring (bicyclic) bond motifs is 1. The fourth-order valence-corrected chi connectivity index (χ4v) is 6.24. The van der Waals surface area contributed by atoms with Crippen molar-refractivity contribution in [2.75, 3.05) is 30.8 Å². The molecule has 1 saturated heterocycles. The van der Waals surface area contributed by atoms with E-state index in [-0.39, 0.29) is 30.1 Å². The van der Waals surface area contributed by atoms with Crippen molar-refractivity contribution in [3.63, 3.8) is 0 Å². The van der Waals surface area contributed by atoms with Crippen LogP contribution in [-0.4, -0.2) is 63.7 Å². The van der Waals surface area contributed by atoms with Gasteiger partial charge in [0.25, 0.3) is 0 Å². The monoisotopic (exact) mass is 607 g/mol. The third kappa shape index (κ3) is 7.35. The first kappa shape index (κ1) is 31.6. The topological polar surface area (TPSA) is 156 Å². The van der Waals surface area contributed by atoms with E-state index in [1.807, 2.05) is 25.8 Å². The van der Waals surface area contributed by atoms with Crippen molar-refractivity contribution in [1.82, 2.24) is 24.6 Å². The average molecular weight is 608 g/mol. The number of halogens is 1. The number of nitrogen functional groups attached to an aromatic ring is 1. The number of anilines is 2. The fraction of sp³-hybridized carbons (Fsp3) is 0.556. The third-order valence-electron chi connectivity index (χ3n) is 6.54. The van der Waals surface area contributed by atoms with Gasteiger partial charge >= 0.3 is 13.7 Å². The van der Waals surface area contributed by atoms with E-state index in [2.05, 4.69) is 20.0 Å². The summed E-state index contributed by atoms with van der Waals surface area (Å²) >= 11 is 0. The van der Waals surface area contributed by atoms with Crippen LogP contribution in [0.5, 0.6) is 5.75 Å².